The Morgan fingerprint density at radius 2 is 1.83 bits per heavy atom. The number of allylic oxidation sites excluding steroid dienone is 1. The van der Waals surface area contributed by atoms with Crippen LogP contribution in [0, 0.1) is 23.6 Å². The van der Waals surface area contributed by atoms with Crippen molar-refractivity contribution in [3.63, 3.8) is 0 Å². The lowest BCUT2D eigenvalue weighted by atomic mass is 9.83. The molecule has 10 heteroatoms. The van der Waals surface area contributed by atoms with Gasteiger partial charge in [-0.2, -0.15) is 13.2 Å². The van der Waals surface area contributed by atoms with Gasteiger partial charge in [0.05, 0.1) is 18.6 Å². The lowest BCUT2D eigenvalue weighted by Crippen LogP contribution is -2.48. The van der Waals surface area contributed by atoms with Gasteiger partial charge in [-0.05, 0) is 62.9 Å². The number of rotatable bonds is 5. The Hall–Kier alpha value is -3.43. The van der Waals surface area contributed by atoms with Crippen LogP contribution in [0.5, 0.6) is 5.88 Å². The van der Waals surface area contributed by atoms with E-state index in [1.165, 1.54) is 13.3 Å². The summed E-state index contributed by atoms with van der Waals surface area (Å²) in [4.78, 5) is 30.5. The first-order valence-corrected chi connectivity index (χ1v) is 11.2. The van der Waals surface area contributed by atoms with Gasteiger partial charge < -0.3 is 15.4 Å². The molecule has 0 aliphatic heterocycles. The first kappa shape index (κ1) is 24.7. The summed E-state index contributed by atoms with van der Waals surface area (Å²) < 4.78 is 58.3. The number of hydrogen-bond donors (Lipinski definition) is 2. The number of benzene rings is 1. The molecule has 2 aromatic rings. The van der Waals surface area contributed by atoms with E-state index >= 15 is 0 Å². The smallest absolute Gasteiger partial charge is 0.419 e. The number of alkyl halides is 3. The van der Waals surface area contributed by atoms with E-state index in [1.807, 2.05) is 13.8 Å². The molecular formula is C25H25F4N3O3. The summed E-state index contributed by atoms with van der Waals surface area (Å²) in [6.07, 6.45) is -1.91. The van der Waals surface area contributed by atoms with Gasteiger partial charge in [-0.1, -0.05) is 11.1 Å². The second-order valence-corrected chi connectivity index (χ2v) is 9.01. The highest BCUT2D eigenvalue weighted by Gasteiger charge is 2.55. The standard InChI is InChI=1S/C25H25F4N3O3/c1-12(2)19-14-7-8-15(19)21(32-22(33)16-5-4-10-30-24(16)35-3)20(14)23(34)31-13-6-9-18(26)17(11-13)25(27,28)29/h4-6,9-11,14-15,20-21H,7-8H2,1-3H3,(H,31,34)(H,32,33)/t14?,15?,20-,21+/m0/s1. The topological polar surface area (TPSA) is 80.3 Å². The third kappa shape index (κ3) is 4.61. The van der Waals surface area contributed by atoms with E-state index in [-0.39, 0.29) is 29.0 Å². The fourth-order valence-corrected chi connectivity index (χ4v) is 5.47. The number of methoxy groups -OCH3 is 1. The number of nitrogens with one attached hydrogen (secondary N) is 2. The number of hydrogen-bond acceptors (Lipinski definition) is 4. The van der Waals surface area contributed by atoms with Crippen molar-refractivity contribution in [1.29, 1.82) is 0 Å². The molecule has 2 N–H and O–H groups in total. The largest absolute Gasteiger partial charge is 0.480 e. The van der Waals surface area contributed by atoms with Crippen LogP contribution in [0.3, 0.4) is 0 Å². The highest BCUT2D eigenvalue weighted by Crippen LogP contribution is 2.54. The van der Waals surface area contributed by atoms with Gasteiger partial charge in [-0.25, -0.2) is 9.37 Å². The van der Waals surface area contributed by atoms with E-state index < -0.39 is 41.3 Å². The van der Waals surface area contributed by atoms with Crippen LogP contribution in [0.15, 0.2) is 47.7 Å². The van der Waals surface area contributed by atoms with Crippen LogP contribution in [0.25, 0.3) is 0 Å². The van der Waals surface area contributed by atoms with Crippen LogP contribution in [0.1, 0.15) is 42.6 Å². The molecule has 1 aromatic heterocycles. The Morgan fingerprint density at radius 1 is 1.11 bits per heavy atom. The van der Waals surface area contributed by atoms with Crippen molar-refractivity contribution in [2.75, 3.05) is 12.4 Å². The maximum atomic E-state index is 13.7. The number of halogens is 4. The molecule has 2 saturated carbocycles. The number of amides is 2. The third-order valence-electron chi connectivity index (χ3n) is 6.77. The van der Waals surface area contributed by atoms with Crippen LogP contribution in [0.4, 0.5) is 23.2 Å². The lowest BCUT2D eigenvalue weighted by molar-refractivity contribution is -0.140. The Bertz CT molecular complexity index is 1190. The van der Waals surface area contributed by atoms with E-state index in [0.29, 0.717) is 12.1 Å². The highest BCUT2D eigenvalue weighted by molar-refractivity contribution is 5.98. The van der Waals surface area contributed by atoms with Gasteiger partial charge in [-0.15, -0.1) is 0 Å². The summed E-state index contributed by atoms with van der Waals surface area (Å²) >= 11 is 0. The first-order chi connectivity index (χ1) is 16.5. The van der Waals surface area contributed by atoms with Crippen LogP contribution >= 0.6 is 0 Å². The number of aromatic nitrogens is 1. The van der Waals surface area contributed by atoms with Gasteiger partial charge in [0.1, 0.15) is 11.4 Å². The van der Waals surface area contributed by atoms with Gasteiger partial charge in [0.15, 0.2) is 0 Å². The van der Waals surface area contributed by atoms with E-state index in [9.17, 15) is 27.2 Å². The number of ether oxygens (including phenoxy) is 1. The molecule has 186 valence electrons. The van der Waals surface area contributed by atoms with Gasteiger partial charge in [0, 0.05) is 23.8 Å². The zero-order valence-electron chi connectivity index (χ0n) is 19.4. The molecule has 0 radical (unpaired) electrons. The van der Waals surface area contributed by atoms with Crippen molar-refractivity contribution >= 4 is 17.5 Å². The number of fused-ring (bicyclic) bond motifs is 2. The van der Waals surface area contributed by atoms with Crippen LogP contribution in [-0.4, -0.2) is 29.9 Å². The van der Waals surface area contributed by atoms with Crippen LogP contribution in [-0.2, 0) is 11.0 Å². The number of carbonyl (C=O) groups excluding carboxylic acids is 2. The van der Waals surface area contributed by atoms with Crippen molar-refractivity contribution in [2.24, 2.45) is 17.8 Å². The summed E-state index contributed by atoms with van der Waals surface area (Å²) in [5, 5.41) is 5.47. The second-order valence-electron chi connectivity index (χ2n) is 9.01. The molecule has 4 rings (SSSR count). The molecule has 0 saturated heterocycles. The Kier molecular flexibility index (Phi) is 6.57. The molecular weight excluding hydrogens is 466 g/mol. The Labute approximate surface area is 199 Å². The third-order valence-corrected chi connectivity index (χ3v) is 6.77. The predicted octanol–water partition coefficient (Wildman–Crippen LogP) is 4.98. The molecule has 35 heavy (non-hydrogen) atoms. The van der Waals surface area contributed by atoms with Crippen molar-refractivity contribution in [3.8, 4) is 5.88 Å². The summed E-state index contributed by atoms with van der Waals surface area (Å²) in [6.45, 7) is 3.89. The summed E-state index contributed by atoms with van der Waals surface area (Å²) in [5.74, 6) is -3.20. The van der Waals surface area contributed by atoms with Crippen molar-refractivity contribution < 1.29 is 31.9 Å². The zero-order valence-corrected chi connectivity index (χ0v) is 19.4. The molecule has 2 unspecified atom stereocenters. The number of carbonyl (C=O) groups is 2. The lowest BCUT2D eigenvalue weighted by Gasteiger charge is -2.30. The maximum absolute atomic E-state index is 13.7. The quantitative estimate of drug-likeness (QED) is 0.457. The fourth-order valence-electron chi connectivity index (χ4n) is 5.47. The van der Waals surface area contributed by atoms with E-state index in [0.717, 1.165) is 30.1 Å². The minimum Gasteiger partial charge on any atom is -0.480 e. The Morgan fingerprint density at radius 3 is 2.49 bits per heavy atom. The number of pyridine rings is 1. The van der Waals surface area contributed by atoms with Crippen molar-refractivity contribution in [1.82, 2.24) is 10.3 Å². The maximum Gasteiger partial charge on any atom is 0.419 e. The summed E-state index contributed by atoms with van der Waals surface area (Å²) in [5.41, 5.74) is 0.728. The SMILES string of the molecule is COc1ncccc1C(=O)N[C@@H]1C2CCC(C2=C(C)C)[C@@H]1C(=O)Nc1ccc(F)c(C(F)(F)F)c1. The molecule has 2 bridgehead atoms. The van der Waals surface area contributed by atoms with Crippen LogP contribution in [0.2, 0.25) is 0 Å². The molecule has 2 amide bonds. The van der Waals surface area contributed by atoms with Crippen molar-refractivity contribution in [2.45, 2.75) is 38.9 Å². The average Bonchev–Trinajstić information content (AvgIpc) is 3.36. The molecule has 1 aromatic carbocycles. The molecule has 4 atom stereocenters. The van der Waals surface area contributed by atoms with Gasteiger partial charge in [0.25, 0.3) is 5.91 Å². The molecule has 6 nitrogen and oxygen atoms in total. The normalized spacial score (nSPS) is 23.2. The van der Waals surface area contributed by atoms with Crippen LogP contribution < -0.4 is 15.4 Å². The van der Waals surface area contributed by atoms with Gasteiger partial charge in [0.2, 0.25) is 11.8 Å². The summed E-state index contributed by atoms with van der Waals surface area (Å²) in [6, 6.07) is 4.93. The highest BCUT2D eigenvalue weighted by atomic mass is 19.4. The van der Waals surface area contributed by atoms with E-state index in [4.69, 9.17) is 4.74 Å². The number of anilines is 1. The molecule has 2 fully saturated rings. The molecule has 2 aliphatic carbocycles. The predicted molar refractivity (Wildman–Crippen MR) is 120 cm³/mol. The molecule has 2 aliphatic rings. The fraction of sp³-hybridized carbons (Fsp3) is 0.400. The van der Waals surface area contributed by atoms with E-state index in [1.54, 1.807) is 12.1 Å². The van der Waals surface area contributed by atoms with Gasteiger partial charge in [-0.3, -0.25) is 9.59 Å². The minimum absolute atomic E-state index is 0.0775. The van der Waals surface area contributed by atoms with Crippen molar-refractivity contribution in [3.05, 3.63) is 64.6 Å². The number of nitrogens with zero attached hydrogens (tertiary/aromatic N) is 1. The first-order valence-electron chi connectivity index (χ1n) is 11.2. The zero-order chi connectivity index (χ0) is 25.5. The molecule has 0 spiro atoms. The second kappa shape index (κ2) is 9.31. The van der Waals surface area contributed by atoms with Gasteiger partial charge >= 0.3 is 6.18 Å². The monoisotopic (exact) mass is 491 g/mol. The van der Waals surface area contributed by atoms with E-state index in [2.05, 4.69) is 15.6 Å². The summed E-state index contributed by atoms with van der Waals surface area (Å²) in [7, 11) is 1.39. The Balaban J connectivity index is 1.64. The minimum atomic E-state index is -4.90. The molecule has 1 heterocycles. The average molecular weight is 491 g/mol.